The first-order valence-electron chi connectivity index (χ1n) is 16.5. The molecule has 0 radical (unpaired) electrons. The van der Waals surface area contributed by atoms with Crippen LogP contribution in [0.25, 0.3) is 6.08 Å². The van der Waals surface area contributed by atoms with Crippen LogP contribution in [0.2, 0.25) is 0 Å². The first-order chi connectivity index (χ1) is 22.6. The summed E-state index contributed by atoms with van der Waals surface area (Å²) in [5.74, 6) is -1.22. The topological polar surface area (TPSA) is 112 Å². The van der Waals surface area contributed by atoms with Gasteiger partial charge >= 0.3 is 24.1 Å². The van der Waals surface area contributed by atoms with Crippen LogP contribution in [0.4, 0.5) is 9.59 Å². The molecule has 4 atom stereocenters. The third kappa shape index (κ3) is 12.0. The van der Waals surface area contributed by atoms with Gasteiger partial charge in [0.2, 0.25) is 0 Å². The van der Waals surface area contributed by atoms with Crippen molar-refractivity contribution in [3.8, 4) is 0 Å². The summed E-state index contributed by atoms with van der Waals surface area (Å²) >= 11 is 0. The van der Waals surface area contributed by atoms with Crippen molar-refractivity contribution in [3.05, 3.63) is 77.9 Å². The fraction of sp³-hybridized carbons (Fsp3) is 0.526. The Labute approximate surface area is 285 Å². The number of benzene rings is 2. The molecule has 2 aliphatic rings. The van der Waals surface area contributed by atoms with E-state index in [-0.39, 0.29) is 41.7 Å². The Morgan fingerprint density at radius 1 is 0.688 bits per heavy atom. The second kappa shape index (κ2) is 17.2. The van der Waals surface area contributed by atoms with Crippen molar-refractivity contribution in [2.24, 2.45) is 23.7 Å². The van der Waals surface area contributed by atoms with E-state index in [9.17, 15) is 19.2 Å². The van der Waals surface area contributed by atoms with E-state index < -0.39 is 17.3 Å². The van der Waals surface area contributed by atoms with E-state index in [1.165, 1.54) is 19.8 Å². The predicted molar refractivity (Wildman–Crippen MR) is 184 cm³/mol. The molecule has 0 bridgehead atoms. The molecule has 2 saturated heterocycles. The molecule has 48 heavy (non-hydrogen) atoms. The SMILES string of the molecule is COC(=O)[C@H]1CN(C(=O)OC(C)(C)C)C[C@@H]1C=Cc1ccccc1.COC(=O)[C@H]1CN(C(=O)OC(C)(C)C)C[C@@H]1CCc1ccccc1. The van der Waals surface area contributed by atoms with E-state index in [4.69, 9.17) is 18.9 Å². The number of hydrogen-bond acceptors (Lipinski definition) is 8. The van der Waals surface area contributed by atoms with Gasteiger partial charge in [-0.05, 0) is 71.4 Å². The van der Waals surface area contributed by atoms with E-state index in [0.29, 0.717) is 26.2 Å². The van der Waals surface area contributed by atoms with Crippen molar-refractivity contribution in [1.82, 2.24) is 9.80 Å². The Morgan fingerprint density at radius 2 is 1.17 bits per heavy atom. The molecule has 2 aliphatic heterocycles. The van der Waals surface area contributed by atoms with Crippen molar-refractivity contribution in [3.63, 3.8) is 0 Å². The van der Waals surface area contributed by atoms with E-state index in [1.807, 2.05) is 102 Å². The maximum absolute atomic E-state index is 12.3. The number of hydrogen-bond donors (Lipinski definition) is 0. The van der Waals surface area contributed by atoms with Crippen molar-refractivity contribution >= 4 is 30.2 Å². The molecule has 0 spiro atoms. The highest BCUT2D eigenvalue weighted by molar-refractivity contribution is 5.77. The number of likely N-dealkylation sites (tertiary alicyclic amines) is 2. The lowest BCUT2D eigenvalue weighted by Crippen LogP contribution is -2.36. The minimum absolute atomic E-state index is 0.0881. The zero-order chi connectivity index (χ0) is 35.5. The number of esters is 2. The molecule has 0 aliphatic carbocycles. The van der Waals surface area contributed by atoms with Gasteiger partial charge in [-0.2, -0.15) is 0 Å². The normalized spacial score (nSPS) is 20.9. The van der Waals surface area contributed by atoms with Crippen molar-refractivity contribution in [2.45, 2.75) is 65.6 Å². The summed E-state index contributed by atoms with van der Waals surface area (Å²) in [4.78, 5) is 51.9. The molecule has 262 valence electrons. The van der Waals surface area contributed by atoms with Crippen LogP contribution < -0.4 is 0 Å². The molecular weight excluding hydrogens is 612 g/mol. The number of ether oxygens (including phenoxy) is 4. The van der Waals surface area contributed by atoms with Crippen molar-refractivity contribution in [2.75, 3.05) is 40.4 Å². The third-order valence-corrected chi connectivity index (χ3v) is 8.10. The van der Waals surface area contributed by atoms with Crippen LogP contribution in [-0.2, 0) is 35.0 Å². The lowest BCUT2D eigenvalue weighted by molar-refractivity contribution is -0.146. The van der Waals surface area contributed by atoms with Crippen molar-refractivity contribution in [1.29, 1.82) is 0 Å². The van der Waals surface area contributed by atoms with Crippen LogP contribution in [0.1, 0.15) is 59.1 Å². The quantitative estimate of drug-likeness (QED) is 0.240. The van der Waals surface area contributed by atoms with Gasteiger partial charge in [0.05, 0.1) is 26.1 Å². The summed E-state index contributed by atoms with van der Waals surface area (Å²) in [5.41, 5.74) is 1.18. The molecule has 2 aromatic rings. The highest BCUT2D eigenvalue weighted by atomic mass is 16.6. The number of rotatable bonds is 7. The lowest BCUT2D eigenvalue weighted by Gasteiger charge is -2.24. The summed E-state index contributed by atoms with van der Waals surface area (Å²) in [5, 5.41) is 0. The fourth-order valence-corrected chi connectivity index (χ4v) is 5.75. The fourth-order valence-electron chi connectivity index (χ4n) is 5.75. The average Bonchev–Trinajstić information content (AvgIpc) is 3.67. The van der Waals surface area contributed by atoms with Gasteiger partial charge in [-0.3, -0.25) is 9.59 Å². The minimum atomic E-state index is -0.560. The number of methoxy groups -OCH3 is 2. The van der Waals surface area contributed by atoms with Gasteiger partial charge in [-0.25, -0.2) is 9.59 Å². The molecule has 0 unspecified atom stereocenters. The molecule has 10 heteroatoms. The molecule has 2 aromatic carbocycles. The zero-order valence-electron chi connectivity index (χ0n) is 29.6. The zero-order valence-corrected chi connectivity index (χ0v) is 29.6. The molecule has 2 fully saturated rings. The molecule has 0 saturated carbocycles. The molecule has 0 aromatic heterocycles. The summed E-state index contributed by atoms with van der Waals surface area (Å²) in [7, 11) is 2.77. The van der Waals surface area contributed by atoms with Gasteiger partial charge in [0.25, 0.3) is 0 Å². The maximum Gasteiger partial charge on any atom is 0.410 e. The number of carbonyl (C=O) groups excluding carboxylic acids is 4. The Morgan fingerprint density at radius 3 is 1.69 bits per heavy atom. The van der Waals surface area contributed by atoms with E-state index >= 15 is 0 Å². The summed E-state index contributed by atoms with van der Waals surface area (Å²) in [6, 6.07) is 20.0. The lowest BCUT2D eigenvalue weighted by atomic mass is 9.90. The highest BCUT2D eigenvalue weighted by Gasteiger charge is 2.42. The van der Waals surface area contributed by atoms with Crippen LogP contribution in [-0.4, -0.2) is 85.5 Å². The van der Waals surface area contributed by atoms with Crippen LogP contribution in [0.3, 0.4) is 0 Å². The Hall–Kier alpha value is -4.34. The van der Waals surface area contributed by atoms with Crippen molar-refractivity contribution < 1.29 is 38.1 Å². The number of nitrogens with zero attached hydrogens (tertiary/aromatic N) is 2. The predicted octanol–water partition coefficient (Wildman–Crippen LogP) is 6.63. The second-order valence-electron chi connectivity index (χ2n) is 14.2. The largest absolute Gasteiger partial charge is 0.469 e. The van der Waals surface area contributed by atoms with Gasteiger partial charge in [-0.15, -0.1) is 0 Å². The van der Waals surface area contributed by atoms with E-state index in [0.717, 1.165) is 18.4 Å². The Bertz CT molecular complexity index is 1380. The third-order valence-electron chi connectivity index (χ3n) is 8.10. The molecule has 0 N–H and O–H groups in total. The van der Waals surface area contributed by atoms with Crippen LogP contribution in [0.15, 0.2) is 66.7 Å². The number of aryl methyl sites for hydroxylation is 1. The average molecular weight is 665 g/mol. The summed E-state index contributed by atoms with van der Waals surface area (Å²) < 4.78 is 20.7. The number of carbonyl (C=O) groups is 4. The van der Waals surface area contributed by atoms with Gasteiger partial charge < -0.3 is 28.7 Å². The van der Waals surface area contributed by atoms with Crippen LogP contribution in [0, 0.1) is 23.7 Å². The summed E-state index contributed by atoms with van der Waals surface area (Å²) in [6.45, 7) is 12.6. The first kappa shape index (κ1) is 38.1. The smallest absolute Gasteiger partial charge is 0.410 e. The van der Waals surface area contributed by atoms with Gasteiger partial charge in [-0.1, -0.05) is 72.8 Å². The van der Waals surface area contributed by atoms with E-state index in [2.05, 4.69) is 12.1 Å². The molecule has 2 heterocycles. The van der Waals surface area contributed by atoms with Crippen LogP contribution in [0.5, 0.6) is 0 Å². The summed E-state index contributed by atoms with van der Waals surface area (Å²) in [6.07, 6.45) is 4.90. The maximum atomic E-state index is 12.3. The standard InChI is InChI=1S/C19H27NO4.C19H25NO4/c2*1-19(2,3)24-18(22)20-12-15(16(13-20)17(21)23-4)11-10-14-8-6-5-7-9-14/h5-9,15-16H,10-13H2,1-4H3;5-11,15-16H,12-13H2,1-4H3/t2*15-,16-/m00/s1. The number of amides is 2. The first-order valence-corrected chi connectivity index (χ1v) is 16.5. The van der Waals surface area contributed by atoms with Gasteiger partial charge in [0.1, 0.15) is 11.2 Å². The minimum Gasteiger partial charge on any atom is -0.469 e. The van der Waals surface area contributed by atoms with E-state index in [1.54, 1.807) is 9.80 Å². The van der Waals surface area contributed by atoms with Gasteiger partial charge in [0, 0.05) is 32.1 Å². The highest BCUT2D eigenvalue weighted by Crippen LogP contribution is 2.30. The molecular formula is C38H52N2O8. The van der Waals surface area contributed by atoms with Gasteiger partial charge in [0.15, 0.2) is 0 Å². The Kier molecular flexibility index (Phi) is 13.6. The monoisotopic (exact) mass is 664 g/mol. The second-order valence-corrected chi connectivity index (χ2v) is 14.2. The Balaban J connectivity index is 0.000000260. The van der Waals surface area contributed by atoms with Crippen LogP contribution >= 0.6 is 0 Å². The molecule has 2 amide bonds. The molecule has 10 nitrogen and oxygen atoms in total. The molecule has 4 rings (SSSR count).